The van der Waals surface area contributed by atoms with Crippen LogP contribution in [0.5, 0.6) is 5.75 Å². The van der Waals surface area contributed by atoms with Crippen LogP contribution in [0.15, 0.2) is 40.9 Å². The van der Waals surface area contributed by atoms with Gasteiger partial charge in [0.1, 0.15) is 5.75 Å². The summed E-state index contributed by atoms with van der Waals surface area (Å²) in [6.45, 7) is -0.155. The van der Waals surface area contributed by atoms with E-state index >= 15 is 0 Å². The molecule has 0 unspecified atom stereocenters. The van der Waals surface area contributed by atoms with Crippen molar-refractivity contribution in [3.05, 3.63) is 50.9 Å². The molecule has 4 nitrogen and oxygen atoms in total. The minimum Gasteiger partial charge on any atom is -0.482 e. The third-order valence-electron chi connectivity index (χ3n) is 2.85. The van der Waals surface area contributed by atoms with Gasteiger partial charge in [-0.05, 0) is 36.4 Å². The summed E-state index contributed by atoms with van der Waals surface area (Å²) in [5.74, 6) is 0.134. The molecule has 1 heterocycles. The number of thiazole rings is 1. The quantitative estimate of drug-likeness (QED) is 0.602. The number of carbonyl (C=O) groups excluding carboxylic acids is 1. The van der Waals surface area contributed by atoms with Gasteiger partial charge in [-0.3, -0.25) is 10.1 Å². The maximum absolute atomic E-state index is 12.0. The Bertz CT molecular complexity index is 885. The minimum absolute atomic E-state index is 0.155. The van der Waals surface area contributed by atoms with E-state index in [-0.39, 0.29) is 12.5 Å². The standard InChI is InChI=1S/C15H9BrCl2N2O2S/c16-8-1-4-12(10(18)5-8)22-7-14(21)20-15-19-11-3-2-9(17)6-13(11)23-15/h1-6H,7H2,(H,19,20,21). The fourth-order valence-corrected chi connectivity index (χ4v) is 3.73. The molecule has 118 valence electrons. The van der Waals surface area contributed by atoms with E-state index in [0.717, 1.165) is 14.7 Å². The Morgan fingerprint density at radius 3 is 2.87 bits per heavy atom. The highest BCUT2D eigenvalue weighted by molar-refractivity contribution is 9.10. The van der Waals surface area contributed by atoms with E-state index in [4.69, 9.17) is 27.9 Å². The smallest absolute Gasteiger partial charge is 0.264 e. The van der Waals surface area contributed by atoms with Crippen LogP contribution in [0.25, 0.3) is 10.2 Å². The Balaban J connectivity index is 1.64. The first-order chi connectivity index (χ1) is 11.0. The number of halogens is 3. The van der Waals surface area contributed by atoms with Gasteiger partial charge in [-0.2, -0.15) is 0 Å². The average molecular weight is 432 g/mol. The lowest BCUT2D eigenvalue weighted by Gasteiger charge is -2.07. The zero-order valence-electron chi connectivity index (χ0n) is 11.5. The lowest BCUT2D eigenvalue weighted by molar-refractivity contribution is -0.118. The van der Waals surface area contributed by atoms with E-state index in [1.807, 2.05) is 12.1 Å². The number of aromatic nitrogens is 1. The van der Waals surface area contributed by atoms with Gasteiger partial charge in [0.05, 0.1) is 15.2 Å². The van der Waals surface area contributed by atoms with Gasteiger partial charge in [-0.1, -0.05) is 50.5 Å². The lowest BCUT2D eigenvalue weighted by atomic mass is 10.3. The number of benzene rings is 2. The van der Waals surface area contributed by atoms with E-state index in [1.54, 1.807) is 24.3 Å². The summed E-state index contributed by atoms with van der Waals surface area (Å²) in [6, 6.07) is 10.6. The molecule has 0 aliphatic rings. The maximum atomic E-state index is 12.0. The first-order valence-electron chi connectivity index (χ1n) is 6.45. The molecule has 0 saturated heterocycles. The molecule has 1 N–H and O–H groups in total. The SMILES string of the molecule is O=C(COc1ccc(Br)cc1Cl)Nc1nc2ccc(Cl)cc2s1. The van der Waals surface area contributed by atoms with Gasteiger partial charge < -0.3 is 4.74 Å². The third-order valence-corrected chi connectivity index (χ3v) is 4.81. The highest BCUT2D eigenvalue weighted by Crippen LogP contribution is 2.29. The van der Waals surface area contributed by atoms with Crippen LogP contribution in [0.3, 0.4) is 0 Å². The van der Waals surface area contributed by atoms with Crippen LogP contribution in [0, 0.1) is 0 Å². The normalized spacial score (nSPS) is 10.7. The number of ether oxygens (including phenoxy) is 1. The zero-order chi connectivity index (χ0) is 16.4. The highest BCUT2D eigenvalue weighted by Gasteiger charge is 2.10. The van der Waals surface area contributed by atoms with Gasteiger partial charge in [0.2, 0.25) is 0 Å². The van der Waals surface area contributed by atoms with Gasteiger partial charge in [-0.25, -0.2) is 4.98 Å². The van der Waals surface area contributed by atoms with Crippen LogP contribution >= 0.6 is 50.5 Å². The van der Waals surface area contributed by atoms with Crippen molar-refractivity contribution in [3.8, 4) is 5.75 Å². The molecule has 0 saturated carbocycles. The van der Waals surface area contributed by atoms with Gasteiger partial charge in [0.15, 0.2) is 11.7 Å². The second-order valence-electron chi connectivity index (χ2n) is 4.54. The molecule has 3 rings (SSSR count). The van der Waals surface area contributed by atoms with Gasteiger partial charge in [-0.15, -0.1) is 0 Å². The molecule has 0 radical (unpaired) electrons. The van der Waals surface area contributed by atoms with Crippen LogP contribution in [-0.4, -0.2) is 17.5 Å². The fourth-order valence-electron chi connectivity index (χ4n) is 1.84. The van der Waals surface area contributed by atoms with Crippen molar-refractivity contribution in [3.63, 3.8) is 0 Å². The van der Waals surface area contributed by atoms with E-state index in [2.05, 4.69) is 26.2 Å². The van der Waals surface area contributed by atoms with Gasteiger partial charge in [0.25, 0.3) is 5.91 Å². The Morgan fingerprint density at radius 2 is 2.09 bits per heavy atom. The number of fused-ring (bicyclic) bond motifs is 1. The topological polar surface area (TPSA) is 51.2 Å². The molecule has 1 amide bonds. The highest BCUT2D eigenvalue weighted by atomic mass is 79.9. The number of anilines is 1. The number of hydrogen-bond acceptors (Lipinski definition) is 4. The summed E-state index contributed by atoms with van der Waals surface area (Å²) in [5, 5.41) is 4.26. The molecular weight excluding hydrogens is 423 g/mol. The Labute approximate surface area is 154 Å². The number of carbonyl (C=O) groups is 1. The number of rotatable bonds is 4. The van der Waals surface area contributed by atoms with Crippen LogP contribution < -0.4 is 10.1 Å². The predicted octanol–water partition coefficient (Wildman–Crippen LogP) is 5.38. The van der Waals surface area contributed by atoms with Crippen molar-refractivity contribution in [2.24, 2.45) is 0 Å². The molecule has 0 aliphatic carbocycles. The minimum atomic E-state index is -0.311. The summed E-state index contributed by atoms with van der Waals surface area (Å²) in [4.78, 5) is 16.3. The maximum Gasteiger partial charge on any atom is 0.264 e. The van der Waals surface area contributed by atoms with Crippen molar-refractivity contribution in [1.29, 1.82) is 0 Å². The molecule has 0 aliphatic heterocycles. The Morgan fingerprint density at radius 1 is 1.26 bits per heavy atom. The molecule has 23 heavy (non-hydrogen) atoms. The van der Waals surface area contributed by atoms with E-state index in [1.165, 1.54) is 11.3 Å². The molecule has 0 atom stereocenters. The monoisotopic (exact) mass is 430 g/mol. The zero-order valence-corrected chi connectivity index (χ0v) is 15.4. The van der Waals surface area contributed by atoms with Gasteiger partial charge in [0, 0.05) is 9.50 Å². The summed E-state index contributed by atoms with van der Waals surface area (Å²) in [7, 11) is 0. The lowest BCUT2D eigenvalue weighted by Crippen LogP contribution is -2.20. The Hall–Kier alpha value is -1.34. The van der Waals surface area contributed by atoms with Crippen LogP contribution in [-0.2, 0) is 4.79 Å². The predicted molar refractivity (Wildman–Crippen MR) is 97.9 cm³/mol. The first kappa shape index (κ1) is 16.5. The van der Waals surface area contributed by atoms with E-state index in [9.17, 15) is 4.79 Å². The molecular formula is C15H9BrCl2N2O2S. The van der Waals surface area contributed by atoms with Gasteiger partial charge >= 0.3 is 0 Å². The number of nitrogens with one attached hydrogen (secondary N) is 1. The van der Waals surface area contributed by atoms with Crippen molar-refractivity contribution in [2.45, 2.75) is 0 Å². The Kier molecular flexibility index (Phi) is 5.06. The molecule has 1 aromatic heterocycles. The number of nitrogens with zero attached hydrogens (tertiary/aromatic N) is 1. The molecule has 0 bridgehead atoms. The average Bonchev–Trinajstić information content (AvgIpc) is 2.87. The van der Waals surface area contributed by atoms with E-state index < -0.39 is 0 Å². The molecule has 2 aromatic carbocycles. The summed E-state index contributed by atoms with van der Waals surface area (Å²) in [6.07, 6.45) is 0. The second-order valence-corrected chi connectivity index (χ2v) is 7.33. The summed E-state index contributed by atoms with van der Waals surface area (Å²) < 4.78 is 7.16. The summed E-state index contributed by atoms with van der Waals surface area (Å²) in [5.41, 5.74) is 0.784. The van der Waals surface area contributed by atoms with Crippen molar-refractivity contribution in [2.75, 3.05) is 11.9 Å². The molecule has 0 spiro atoms. The second kappa shape index (κ2) is 7.05. The third kappa shape index (κ3) is 4.14. The van der Waals surface area contributed by atoms with Crippen LogP contribution in [0.2, 0.25) is 10.0 Å². The first-order valence-corrected chi connectivity index (χ1v) is 8.81. The summed E-state index contributed by atoms with van der Waals surface area (Å²) >= 11 is 16.6. The number of amides is 1. The largest absolute Gasteiger partial charge is 0.482 e. The van der Waals surface area contributed by atoms with E-state index in [0.29, 0.717) is 20.9 Å². The molecule has 3 aromatic rings. The van der Waals surface area contributed by atoms with Crippen LogP contribution in [0.1, 0.15) is 0 Å². The number of hydrogen-bond donors (Lipinski definition) is 1. The molecule has 0 fully saturated rings. The van der Waals surface area contributed by atoms with Crippen LogP contribution in [0.4, 0.5) is 5.13 Å². The van der Waals surface area contributed by atoms with Crippen molar-refractivity contribution >= 4 is 71.7 Å². The fraction of sp³-hybridized carbons (Fsp3) is 0.0667. The van der Waals surface area contributed by atoms with Crippen molar-refractivity contribution in [1.82, 2.24) is 4.98 Å². The van der Waals surface area contributed by atoms with Crippen molar-refractivity contribution < 1.29 is 9.53 Å². The molecule has 8 heteroatoms.